The zero-order valence-electron chi connectivity index (χ0n) is 11.2. The zero-order valence-corrected chi connectivity index (χ0v) is 11.2. The molecule has 5 nitrogen and oxygen atoms in total. The van der Waals surface area contributed by atoms with Gasteiger partial charge in [0, 0.05) is 12.1 Å². The fraction of sp³-hybridized carbons (Fsp3) is 0.833. The van der Waals surface area contributed by atoms with Crippen LogP contribution < -0.4 is 11.1 Å². The molecule has 0 saturated heterocycles. The lowest BCUT2D eigenvalue weighted by molar-refractivity contribution is -0.139. The average molecular weight is 244 g/mol. The van der Waals surface area contributed by atoms with Crippen LogP contribution >= 0.6 is 0 Å². The van der Waals surface area contributed by atoms with E-state index in [-0.39, 0.29) is 18.9 Å². The molecule has 0 fully saturated rings. The van der Waals surface area contributed by atoms with E-state index in [1.54, 1.807) is 13.8 Å². The Balaban J connectivity index is 4.77. The molecule has 0 atom stereocenters. The molecule has 17 heavy (non-hydrogen) atoms. The second kappa shape index (κ2) is 6.00. The first kappa shape index (κ1) is 15.9. The van der Waals surface area contributed by atoms with E-state index in [0.29, 0.717) is 12.8 Å². The van der Waals surface area contributed by atoms with E-state index in [0.717, 1.165) is 0 Å². The number of amides is 1. The summed E-state index contributed by atoms with van der Waals surface area (Å²) < 4.78 is 0. The first-order valence-corrected chi connectivity index (χ1v) is 5.97. The molecule has 0 rings (SSSR count). The summed E-state index contributed by atoms with van der Waals surface area (Å²) in [6, 6.07) is 0. The zero-order chi connectivity index (χ0) is 13.7. The summed E-state index contributed by atoms with van der Waals surface area (Å²) in [6.07, 6.45) is 1.19. The SMILES string of the molecule is CCC(CC)(CN)C(=O)NC(C)(C)CC(=O)O. The van der Waals surface area contributed by atoms with Gasteiger partial charge in [-0.25, -0.2) is 0 Å². The van der Waals surface area contributed by atoms with Gasteiger partial charge in [0.15, 0.2) is 0 Å². The van der Waals surface area contributed by atoms with Crippen molar-refractivity contribution in [1.29, 1.82) is 0 Å². The third kappa shape index (κ3) is 4.34. The van der Waals surface area contributed by atoms with E-state index in [4.69, 9.17) is 10.8 Å². The second-order valence-corrected chi connectivity index (χ2v) is 5.10. The highest BCUT2D eigenvalue weighted by atomic mass is 16.4. The minimum Gasteiger partial charge on any atom is -0.481 e. The van der Waals surface area contributed by atoms with Gasteiger partial charge < -0.3 is 16.2 Å². The highest BCUT2D eigenvalue weighted by molar-refractivity contribution is 5.84. The van der Waals surface area contributed by atoms with Gasteiger partial charge in [0.25, 0.3) is 0 Å². The number of carbonyl (C=O) groups is 2. The summed E-state index contributed by atoms with van der Waals surface area (Å²) >= 11 is 0. The average Bonchev–Trinajstić information content (AvgIpc) is 2.18. The molecule has 0 spiro atoms. The van der Waals surface area contributed by atoms with Gasteiger partial charge in [-0.2, -0.15) is 0 Å². The lowest BCUT2D eigenvalue weighted by Gasteiger charge is -2.34. The maximum absolute atomic E-state index is 12.2. The van der Waals surface area contributed by atoms with Crippen LogP contribution in [0.15, 0.2) is 0 Å². The van der Waals surface area contributed by atoms with Crippen LogP contribution in [0.3, 0.4) is 0 Å². The standard InChI is InChI=1S/C12H24N2O3/c1-5-12(6-2,8-13)10(17)14-11(3,4)7-9(15)16/h5-8,13H2,1-4H3,(H,14,17)(H,15,16). The van der Waals surface area contributed by atoms with Crippen LogP contribution in [0.25, 0.3) is 0 Å². The van der Waals surface area contributed by atoms with Gasteiger partial charge in [0.1, 0.15) is 0 Å². The van der Waals surface area contributed by atoms with Gasteiger partial charge in [-0.1, -0.05) is 13.8 Å². The van der Waals surface area contributed by atoms with E-state index >= 15 is 0 Å². The molecular formula is C12H24N2O3. The molecule has 0 bridgehead atoms. The quantitative estimate of drug-likeness (QED) is 0.625. The van der Waals surface area contributed by atoms with Crippen molar-refractivity contribution in [1.82, 2.24) is 5.32 Å². The Labute approximate surface area is 103 Å². The maximum atomic E-state index is 12.2. The van der Waals surface area contributed by atoms with E-state index in [9.17, 15) is 9.59 Å². The van der Waals surface area contributed by atoms with Gasteiger partial charge in [0.2, 0.25) is 5.91 Å². The van der Waals surface area contributed by atoms with Gasteiger partial charge in [-0.3, -0.25) is 9.59 Å². The molecule has 0 aliphatic rings. The molecule has 0 aliphatic heterocycles. The number of carbonyl (C=O) groups excluding carboxylic acids is 1. The summed E-state index contributed by atoms with van der Waals surface area (Å²) in [5.41, 5.74) is 4.33. The van der Waals surface area contributed by atoms with Crippen LogP contribution in [0.1, 0.15) is 47.0 Å². The highest BCUT2D eigenvalue weighted by Crippen LogP contribution is 2.26. The van der Waals surface area contributed by atoms with Crippen molar-refractivity contribution in [2.75, 3.05) is 6.54 Å². The van der Waals surface area contributed by atoms with E-state index in [1.165, 1.54) is 0 Å². The molecule has 0 aromatic carbocycles. The third-order valence-corrected chi connectivity index (χ3v) is 3.27. The fourth-order valence-electron chi connectivity index (χ4n) is 1.81. The number of hydrogen-bond acceptors (Lipinski definition) is 3. The van der Waals surface area contributed by atoms with Crippen molar-refractivity contribution >= 4 is 11.9 Å². The van der Waals surface area contributed by atoms with Crippen molar-refractivity contribution in [2.24, 2.45) is 11.1 Å². The number of nitrogens with two attached hydrogens (primary N) is 1. The minimum atomic E-state index is -0.929. The van der Waals surface area contributed by atoms with Gasteiger partial charge >= 0.3 is 5.97 Å². The van der Waals surface area contributed by atoms with Crippen molar-refractivity contribution < 1.29 is 14.7 Å². The monoisotopic (exact) mass is 244 g/mol. The first-order valence-electron chi connectivity index (χ1n) is 5.97. The number of rotatable bonds is 7. The van der Waals surface area contributed by atoms with Gasteiger partial charge in [-0.05, 0) is 26.7 Å². The summed E-state index contributed by atoms with van der Waals surface area (Å²) in [5, 5.41) is 11.5. The summed E-state index contributed by atoms with van der Waals surface area (Å²) in [5.74, 6) is -1.09. The van der Waals surface area contributed by atoms with Crippen LogP contribution in [-0.2, 0) is 9.59 Å². The van der Waals surface area contributed by atoms with Crippen LogP contribution in [0.4, 0.5) is 0 Å². The number of carboxylic acid groups (broad SMARTS) is 1. The van der Waals surface area contributed by atoms with E-state index in [2.05, 4.69) is 5.32 Å². The molecule has 0 saturated carbocycles. The molecule has 0 unspecified atom stereocenters. The Hall–Kier alpha value is -1.10. The van der Waals surface area contributed by atoms with Crippen molar-refractivity contribution in [3.05, 3.63) is 0 Å². The first-order chi connectivity index (χ1) is 7.73. The molecular weight excluding hydrogens is 220 g/mol. The lowest BCUT2D eigenvalue weighted by atomic mass is 9.80. The number of aliphatic carboxylic acids is 1. The molecule has 1 amide bonds. The number of nitrogens with one attached hydrogen (secondary N) is 1. The molecule has 100 valence electrons. The fourth-order valence-corrected chi connectivity index (χ4v) is 1.81. The molecule has 0 heterocycles. The maximum Gasteiger partial charge on any atom is 0.305 e. The molecule has 0 radical (unpaired) electrons. The summed E-state index contributed by atoms with van der Waals surface area (Å²) in [4.78, 5) is 22.9. The predicted octanol–water partition coefficient (Wildman–Crippen LogP) is 1.12. The van der Waals surface area contributed by atoms with Crippen molar-refractivity contribution in [2.45, 2.75) is 52.5 Å². The largest absolute Gasteiger partial charge is 0.481 e. The Morgan fingerprint density at radius 2 is 1.71 bits per heavy atom. The van der Waals surface area contributed by atoms with Gasteiger partial charge in [0.05, 0.1) is 11.8 Å². The number of hydrogen-bond donors (Lipinski definition) is 3. The van der Waals surface area contributed by atoms with Crippen LogP contribution in [0.5, 0.6) is 0 Å². The highest BCUT2D eigenvalue weighted by Gasteiger charge is 2.36. The van der Waals surface area contributed by atoms with Crippen LogP contribution in [-0.4, -0.2) is 29.1 Å². The van der Waals surface area contributed by atoms with E-state index in [1.807, 2.05) is 13.8 Å². The smallest absolute Gasteiger partial charge is 0.305 e. The Bertz CT molecular complexity index is 275. The second-order valence-electron chi connectivity index (χ2n) is 5.10. The molecule has 0 aromatic rings. The third-order valence-electron chi connectivity index (χ3n) is 3.27. The predicted molar refractivity (Wildman–Crippen MR) is 66.5 cm³/mol. The topological polar surface area (TPSA) is 92.4 Å². The number of carboxylic acids is 1. The molecule has 4 N–H and O–H groups in total. The van der Waals surface area contributed by atoms with Crippen LogP contribution in [0.2, 0.25) is 0 Å². The molecule has 0 aliphatic carbocycles. The van der Waals surface area contributed by atoms with Crippen molar-refractivity contribution in [3.63, 3.8) is 0 Å². The van der Waals surface area contributed by atoms with Gasteiger partial charge in [-0.15, -0.1) is 0 Å². The molecule has 0 aromatic heterocycles. The minimum absolute atomic E-state index is 0.104. The summed E-state index contributed by atoms with van der Waals surface area (Å²) in [7, 11) is 0. The lowest BCUT2D eigenvalue weighted by Crippen LogP contribution is -2.53. The van der Waals surface area contributed by atoms with Crippen LogP contribution in [0, 0.1) is 5.41 Å². The Morgan fingerprint density at radius 1 is 1.24 bits per heavy atom. The van der Waals surface area contributed by atoms with Crippen molar-refractivity contribution in [3.8, 4) is 0 Å². The van der Waals surface area contributed by atoms with E-state index < -0.39 is 16.9 Å². The summed E-state index contributed by atoms with van der Waals surface area (Å²) in [6.45, 7) is 7.51. The Kier molecular flexibility index (Phi) is 5.61. The Morgan fingerprint density at radius 3 is 2.00 bits per heavy atom. The molecule has 5 heteroatoms. The normalized spacial score (nSPS) is 12.3.